The van der Waals surface area contributed by atoms with Gasteiger partial charge in [0, 0.05) is 11.6 Å². The quantitative estimate of drug-likeness (QED) is 0.489. The molecule has 0 fully saturated rings. The Morgan fingerprint density at radius 3 is 2.67 bits per heavy atom. The Morgan fingerprint density at radius 1 is 1.07 bits per heavy atom. The highest BCUT2D eigenvalue weighted by atomic mass is 16.5. The number of para-hydroxylation sites is 1. The summed E-state index contributed by atoms with van der Waals surface area (Å²) in [6.07, 6.45) is 5.38. The number of aromatic nitrogens is 1. The first kappa shape index (κ1) is 17.5. The second-order valence-corrected chi connectivity index (χ2v) is 6.41. The van der Waals surface area contributed by atoms with E-state index < -0.39 is 0 Å². The second-order valence-electron chi connectivity index (χ2n) is 6.41. The first-order valence-corrected chi connectivity index (χ1v) is 8.89. The Morgan fingerprint density at radius 2 is 1.85 bits per heavy atom. The van der Waals surface area contributed by atoms with Gasteiger partial charge in [0.2, 0.25) is 0 Å². The third kappa shape index (κ3) is 3.65. The summed E-state index contributed by atoms with van der Waals surface area (Å²) in [5.74, 6) is -0.352. The van der Waals surface area contributed by atoms with Gasteiger partial charge in [0.25, 0.3) is 0 Å². The van der Waals surface area contributed by atoms with Gasteiger partial charge in [-0.1, -0.05) is 54.6 Å². The van der Waals surface area contributed by atoms with Crippen molar-refractivity contribution in [1.29, 1.82) is 0 Å². The van der Waals surface area contributed by atoms with Gasteiger partial charge in [0.15, 0.2) is 6.23 Å². The summed E-state index contributed by atoms with van der Waals surface area (Å²) in [5.41, 5.74) is 2.60. The van der Waals surface area contributed by atoms with E-state index in [9.17, 15) is 4.79 Å². The molecule has 0 saturated carbocycles. The summed E-state index contributed by atoms with van der Waals surface area (Å²) in [6, 6.07) is 17.8. The van der Waals surface area contributed by atoms with Gasteiger partial charge in [-0.25, -0.2) is 4.79 Å². The maximum absolute atomic E-state index is 12.1. The molecule has 2 heterocycles. The van der Waals surface area contributed by atoms with Crippen molar-refractivity contribution in [3.05, 3.63) is 84.1 Å². The summed E-state index contributed by atoms with van der Waals surface area (Å²) in [4.78, 5) is 12.1. The highest BCUT2D eigenvalue weighted by Gasteiger charge is 2.24. The average molecular weight is 363 g/mol. The van der Waals surface area contributed by atoms with E-state index in [-0.39, 0.29) is 18.3 Å². The molecule has 1 aliphatic heterocycles. The minimum atomic E-state index is -0.352. The molecule has 3 aromatic rings. The second kappa shape index (κ2) is 7.78. The largest absolute Gasteiger partial charge is 0.465 e. The van der Waals surface area contributed by atoms with Crippen molar-refractivity contribution in [2.24, 2.45) is 0 Å². The summed E-state index contributed by atoms with van der Waals surface area (Å²) >= 11 is 0. The fourth-order valence-corrected chi connectivity index (χ4v) is 3.30. The minimum Gasteiger partial charge on any atom is -0.465 e. The number of carbonyl (C=O) groups is 1. The monoisotopic (exact) mass is 363 g/mol. The summed E-state index contributed by atoms with van der Waals surface area (Å²) < 4.78 is 18.7. The van der Waals surface area contributed by atoms with Gasteiger partial charge in [-0.2, -0.15) is 0 Å². The molecule has 0 bridgehead atoms. The molecule has 138 valence electrons. The van der Waals surface area contributed by atoms with Gasteiger partial charge in [-0.3, -0.25) is 0 Å². The highest BCUT2D eigenvalue weighted by Crippen LogP contribution is 2.30. The number of fused-ring (bicyclic) bond motifs is 1. The molecule has 0 aliphatic carbocycles. The van der Waals surface area contributed by atoms with E-state index in [2.05, 4.69) is 0 Å². The fraction of sp³-hybridized carbons (Fsp3) is 0.227. The topological polar surface area (TPSA) is 49.7 Å². The lowest BCUT2D eigenvalue weighted by atomic mass is 10.2. The van der Waals surface area contributed by atoms with Crippen LogP contribution in [0.3, 0.4) is 0 Å². The van der Waals surface area contributed by atoms with Crippen molar-refractivity contribution in [2.75, 3.05) is 13.7 Å². The molecule has 1 aromatic heterocycles. The van der Waals surface area contributed by atoms with E-state index in [1.165, 1.54) is 7.11 Å². The first-order chi connectivity index (χ1) is 13.3. The van der Waals surface area contributed by atoms with Crippen LogP contribution in [0.4, 0.5) is 0 Å². The van der Waals surface area contributed by atoms with Gasteiger partial charge in [-0.15, -0.1) is 0 Å². The van der Waals surface area contributed by atoms with Gasteiger partial charge >= 0.3 is 5.97 Å². The number of benzene rings is 2. The Hall–Kier alpha value is -2.89. The van der Waals surface area contributed by atoms with E-state index in [4.69, 9.17) is 14.2 Å². The number of carbonyl (C=O) groups excluding carboxylic acids is 1. The first-order valence-electron chi connectivity index (χ1n) is 8.89. The lowest BCUT2D eigenvalue weighted by Crippen LogP contribution is -2.17. The fourth-order valence-electron chi connectivity index (χ4n) is 3.30. The molecule has 0 N–H and O–H groups in total. The van der Waals surface area contributed by atoms with E-state index in [0.29, 0.717) is 18.8 Å². The molecule has 0 spiro atoms. The lowest BCUT2D eigenvalue weighted by Gasteiger charge is -2.17. The number of methoxy groups -OCH3 is 1. The van der Waals surface area contributed by atoms with E-state index >= 15 is 0 Å². The number of hydrogen-bond acceptors (Lipinski definition) is 4. The molecule has 2 aromatic carbocycles. The molecule has 5 nitrogen and oxygen atoms in total. The van der Waals surface area contributed by atoms with E-state index in [0.717, 1.165) is 16.5 Å². The number of ether oxygens (including phenoxy) is 3. The maximum Gasteiger partial charge on any atom is 0.340 e. The molecule has 0 unspecified atom stereocenters. The third-order valence-corrected chi connectivity index (χ3v) is 4.62. The maximum atomic E-state index is 12.1. The molecular formula is C22H21NO4. The number of rotatable bonds is 6. The van der Waals surface area contributed by atoms with Crippen molar-refractivity contribution in [1.82, 2.24) is 4.57 Å². The van der Waals surface area contributed by atoms with Crippen molar-refractivity contribution in [2.45, 2.75) is 18.9 Å². The average Bonchev–Trinajstić information content (AvgIpc) is 3.33. The van der Waals surface area contributed by atoms with Crippen molar-refractivity contribution in [3.63, 3.8) is 0 Å². The number of hydrogen-bond donors (Lipinski definition) is 0. The van der Waals surface area contributed by atoms with Crippen LogP contribution in [-0.4, -0.2) is 30.4 Å². The van der Waals surface area contributed by atoms with Crippen LogP contribution in [-0.2, 0) is 20.8 Å². The van der Waals surface area contributed by atoms with Gasteiger partial charge < -0.3 is 18.8 Å². The van der Waals surface area contributed by atoms with E-state index in [1.807, 2.05) is 71.3 Å². The molecule has 2 atom stereocenters. The smallest absolute Gasteiger partial charge is 0.340 e. The van der Waals surface area contributed by atoms with Gasteiger partial charge in [0.05, 0.1) is 31.4 Å². The zero-order valence-corrected chi connectivity index (χ0v) is 15.1. The van der Waals surface area contributed by atoms with Crippen LogP contribution >= 0.6 is 0 Å². The normalized spacial score (nSPS) is 18.9. The molecule has 0 radical (unpaired) electrons. The standard InChI is InChI=1S/C22H21NO4/c1-25-22(24)19-13-23(20-10-6-5-9-18(19)20)21-12-11-17(27-21)15-26-14-16-7-3-2-4-8-16/h2-13,17,21H,14-15H2,1H3/t17-,21-/m0/s1. The predicted molar refractivity (Wildman–Crippen MR) is 102 cm³/mol. The lowest BCUT2D eigenvalue weighted by molar-refractivity contribution is -0.0310. The van der Waals surface area contributed by atoms with Gasteiger partial charge in [0.1, 0.15) is 6.10 Å². The Kier molecular flexibility index (Phi) is 5.05. The molecule has 4 rings (SSSR count). The predicted octanol–water partition coefficient (Wildman–Crippen LogP) is 4.10. The van der Waals surface area contributed by atoms with Crippen molar-refractivity contribution >= 4 is 16.9 Å². The molecule has 1 aliphatic rings. The highest BCUT2D eigenvalue weighted by molar-refractivity contribution is 6.04. The van der Waals surface area contributed by atoms with E-state index in [1.54, 1.807) is 6.20 Å². The third-order valence-electron chi connectivity index (χ3n) is 4.62. The number of esters is 1. The van der Waals surface area contributed by atoms with Crippen LogP contribution in [0.5, 0.6) is 0 Å². The van der Waals surface area contributed by atoms with Crippen LogP contribution in [0.15, 0.2) is 72.9 Å². The van der Waals surface area contributed by atoms with Crippen LogP contribution in [0.25, 0.3) is 10.9 Å². The summed E-state index contributed by atoms with van der Waals surface area (Å²) in [6.45, 7) is 1.03. The SMILES string of the molecule is COC(=O)c1cn([C@@H]2C=C[C@@H](COCc3ccccc3)O2)c2ccccc12. The van der Waals surface area contributed by atoms with Crippen LogP contribution in [0.1, 0.15) is 22.1 Å². The van der Waals surface area contributed by atoms with Crippen LogP contribution < -0.4 is 0 Å². The van der Waals surface area contributed by atoms with Crippen molar-refractivity contribution < 1.29 is 19.0 Å². The zero-order chi connectivity index (χ0) is 18.6. The molecular weight excluding hydrogens is 342 g/mol. The Balaban J connectivity index is 1.45. The van der Waals surface area contributed by atoms with Crippen LogP contribution in [0, 0.1) is 0 Å². The summed E-state index contributed by atoms with van der Waals surface area (Å²) in [5, 5.41) is 0.852. The molecule has 5 heteroatoms. The van der Waals surface area contributed by atoms with Gasteiger partial charge in [-0.05, 0) is 17.7 Å². The molecule has 0 saturated heterocycles. The molecule has 0 amide bonds. The summed E-state index contributed by atoms with van der Waals surface area (Å²) in [7, 11) is 1.39. The van der Waals surface area contributed by atoms with Crippen molar-refractivity contribution in [3.8, 4) is 0 Å². The minimum absolute atomic E-state index is 0.124. The Bertz CT molecular complexity index is 961. The van der Waals surface area contributed by atoms with Crippen LogP contribution in [0.2, 0.25) is 0 Å². The zero-order valence-electron chi connectivity index (χ0n) is 15.1. The number of nitrogens with zero attached hydrogens (tertiary/aromatic N) is 1. The Labute approximate surface area is 157 Å². The molecule has 27 heavy (non-hydrogen) atoms.